The molecule has 65 heavy (non-hydrogen) atoms. The number of hydrogen-bond donors (Lipinski definition) is 13. The van der Waals surface area contributed by atoms with Crippen LogP contribution in [0.4, 0.5) is 0 Å². The lowest BCUT2D eigenvalue weighted by Crippen LogP contribution is -2.31. The highest BCUT2D eigenvalue weighted by molar-refractivity contribution is 6.01. The SMILES string of the molecule is CC(c1c(O)cc(O)c2c1O[C@@H](c1ccc(O)c(O)c1)[C@H](O)C2)c1c(O)c2c(c3cc4c5c(c(O)cc4[o+]c13)C[C@@H](O)[C@H](c1ccc(O)c(O)c1)O5)O[C@H](c1ccc(O)c(O)c1)[C@@H](O)C2. The molecule has 0 saturated carbocycles. The molecule has 1 unspecified atom stereocenters. The van der Waals surface area contributed by atoms with Crippen molar-refractivity contribution in [2.45, 2.75) is 68.7 Å². The van der Waals surface area contributed by atoms with Gasteiger partial charge in [0.15, 0.2) is 46.7 Å². The summed E-state index contributed by atoms with van der Waals surface area (Å²) in [6, 6.07) is 15.7. The predicted molar refractivity (Wildman–Crippen MR) is 227 cm³/mol. The second kappa shape index (κ2) is 14.9. The molecule has 0 aliphatic carbocycles. The zero-order valence-electron chi connectivity index (χ0n) is 34.0. The van der Waals surface area contributed by atoms with E-state index in [9.17, 15) is 66.4 Å². The van der Waals surface area contributed by atoms with Gasteiger partial charge in [-0.2, -0.15) is 0 Å². The van der Waals surface area contributed by atoms with Crippen LogP contribution in [0.2, 0.25) is 0 Å². The monoisotopic (exact) mass is 889 g/mol. The van der Waals surface area contributed by atoms with Gasteiger partial charge in [-0.3, -0.25) is 0 Å². The summed E-state index contributed by atoms with van der Waals surface area (Å²) in [4.78, 5) is 0. The Bertz CT molecular complexity index is 3130. The minimum Gasteiger partial charge on any atom is -0.507 e. The molecule has 1 aromatic heterocycles. The van der Waals surface area contributed by atoms with E-state index in [1.165, 1.54) is 60.7 Å². The lowest BCUT2D eigenvalue weighted by atomic mass is 9.82. The summed E-state index contributed by atoms with van der Waals surface area (Å²) in [5.41, 5.74) is 1.30. The van der Waals surface area contributed by atoms with E-state index in [0.717, 1.165) is 6.07 Å². The molecular weight excluding hydrogens is 849 g/mol. The summed E-state index contributed by atoms with van der Waals surface area (Å²) in [5, 5.41) is 142. The smallest absolute Gasteiger partial charge is 0.372 e. The van der Waals surface area contributed by atoms with Crippen LogP contribution in [0.5, 0.6) is 74.7 Å². The van der Waals surface area contributed by atoms with E-state index in [1.807, 2.05) is 0 Å². The van der Waals surface area contributed by atoms with E-state index in [-0.39, 0.29) is 109 Å². The summed E-state index contributed by atoms with van der Waals surface area (Å²) in [5.74, 6) is -5.26. The minimum absolute atomic E-state index is 0.0182. The van der Waals surface area contributed by atoms with Gasteiger partial charge >= 0.3 is 11.2 Å². The molecule has 0 fully saturated rings. The maximum atomic E-state index is 12.4. The third kappa shape index (κ3) is 6.53. The van der Waals surface area contributed by atoms with Crippen LogP contribution in [-0.4, -0.2) is 84.7 Å². The molecule has 0 spiro atoms. The average Bonchev–Trinajstić information content (AvgIpc) is 3.26. The van der Waals surface area contributed by atoms with Crippen LogP contribution in [0.1, 0.15) is 75.7 Å². The Morgan fingerprint density at radius 1 is 0.446 bits per heavy atom. The van der Waals surface area contributed by atoms with Crippen molar-refractivity contribution in [2.24, 2.45) is 0 Å². The molecule has 6 aromatic carbocycles. The maximum absolute atomic E-state index is 12.4. The third-order valence-electron chi connectivity index (χ3n) is 12.7. The van der Waals surface area contributed by atoms with Crippen LogP contribution in [-0.2, 0) is 19.3 Å². The van der Waals surface area contributed by atoms with Crippen molar-refractivity contribution < 1.29 is 85.0 Å². The van der Waals surface area contributed by atoms with Gasteiger partial charge in [0, 0.05) is 53.5 Å². The Balaban J connectivity index is 1.19. The zero-order chi connectivity index (χ0) is 45.9. The average molecular weight is 890 g/mol. The first-order chi connectivity index (χ1) is 31.0. The molecule has 13 N–H and O–H groups in total. The summed E-state index contributed by atoms with van der Waals surface area (Å²) in [6.45, 7) is 1.61. The van der Waals surface area contributed by atoms with Crippen LogP contribution in [0.15, 0.2) is 77.2 Å². The molecular formula is C48H41O17+. The number of ether oxygens (including phenoxy) is 3. The summed E-state index contributed by atoms with van der Waals surface area (Å²) >= 11 is 0. The highest BCUT2D eigenvalue weighted by Crippen LogP contribution is 2.56. The molecule has 3 aliphatic heterocycles. The van der Waals surface area contributed by atoms with Gasteiger partial charge in [-0.05, 0) is 59.2 Å². The highest BCUT2D eigenvalue weighted by atomic mass is 16.5. The van der Waals surface area contributed by atoms with Crippen molar-refractivity contribution >= 4 is 21.9 Å². The molecule has 0 saturated heterocycles. The highest BCUT2D eigenvalue weighted by Gasteiger charge is 2.43. The van der Waals surface area contributed by atoms with E-state index in [1.54, 1.807) is 13.0 Å². The Hall–Kier alpha value is -7.73. The van der Waals surface area contributed by atoms with Crippen molar-refractivity contribution in [1.29, 1.82) is 0 Å². The van der Waals surface area contributed by atoms with Gasteiger partial charge in [-0.25, -0.2) is 4.42 Å². The number of hydrogen-bond acceptors (Lipinski definition) is 16. The molecule has 334 valence electrons. The quantitative estimate of drug-likeness (QED) is 0.0521. The molecule has 0 amide bonds. The van der Waals surface area contributed by atoms with Gasteiger partial charge in [0.25, 0.3) is 0 Å². The number of fused-ring (bicyclic) bond motifs is 7. The van der Waals surface area contributed by atoms with Gasteiger partial charge in [-0.1, -0.05) is 25.1 Å². The fourth-order valence-electron chi connectivity index (χ4n) is 9.41. The molecule has 0 bridgehead atoms. The van der Waals surface area contributed by atoms with Crippen molar-refractivity contribution in [2.75, 3.05) is 0 Å². The Morgan fingerprint density at radius 2 is 0.877 bits per heavy atom. The van der Waals surface area contributed by atoms with Crippen LogP contribution >= 0.6 is 0 Å². The predicted octanol–water partition coefficient (Wildman–Crippen LogP) is 6.19. The number of aromatic hydroxyl groups is 10. The number of rotatable bonds is 5. The number of aliphatic hydroxyl groups excluding tert-OH is 3. The van der Waals surface area contributed by atoms with Gasteiger partial charge in [0.1, 0.15) is 62.7 Å². The summed E-state index contributed by atoms with van der Waals surface area (Å²) in [7, 11) is 0. The van der Waals surface area contributed by atoms with Crippen LogP contribution in [0.25, 0.3) is 21.9 Å². The molecule has 10 rings (SSSR count). The first-order valence-electron chi connectivity index (χ1n) is 20.5. The van der Waals surface area contributed by atoms with Gasteiger partial charge in [-0.15, -0.1) is 0 Å². The van der Waals surface area contributed by atoms with Crippen LogP contribution in [0, 0.1) is 0 Å². The zero-order valence-corrected chi connectivity index (χ0v) is 34.0. The molecule has 3 aliphatic rings. The van der Waals surface area contributed by atoms with Crippen LogP contribution < -0.4 is 14.2 Å². The lowest BCUT2D eigenvalue weighted by molar-refractivity contribution is 0.0188. The van der Waals surface area contributed by atoms with Crippen molar-refractivity contribution in [3.63, 3.8) is 0 Å². The first kappa shape index (κ1) is 41.3. The molecule has 0 radical (unpaired) electrons. The second-order valence-electron chi connectivity index (χ2n) is 16.7. The molecule has 7 atom stereocenters. The second-order valence-corrected chi connectivity index (χ2v) is 16.7. The van der Waals surface area contributed by atoms with Gasteiger partial charge < -0.3 is 80.6 Å². The fourth-order valence-corrected chi connectivity index (χ4v) is 9.41. The van der Waals surface area contributed by atoms with E-state index in [2.05, 4.69) is 0 Å². The number of benzene rings is 6. The third-order valence-corrected chi connectivity index (χ3v) is 12.7. The molecule has 17 nitrogen and oxygen atoms in total. The molecule has 17 heteroatoms. The Labute approximate surface area is 366 Å². The summed E-state index contributed by atoms with van der Waals surface area (Å²) < 4.78 is 25.9. The number of phenols is 10. The van der Waals surface area contributed by atoms with Crippen LogP contribution in [0.3, 0.4) is 0 Å². The number of aliphatic hydroxyl groups is 3. The Kier molecular flexibility index (Phi) is 9.49. The lowest BCUT2D eigenvalue weighted by Gasteiger charge is -2.34. The largest absolute Gasteiger partial charge is 0.507 e. The topological polar surface area (TPSA) is 302 Å². The van der Waals surface area contributed by atoms with Crippen molar-refractivity contribution in [1.82, 2.24) is 0 Å². The van der Waals surface area contributed by atoms with E-state index >= 15 is 0 Å². The van der Waals surface area contributed by atoms with Crippen molar-refractivity contribution in [3.8, 4) is 74.7 Å². The van der Waals surface area contributed by atoms with E-state index in [0.29, 0.717) is 5.56 Å². The summed E-state index contributed by atoms with van der Waals surface area (Å²) in [6.07, 6.45) is -7.80. The van der Waals surface area contributed by atoms with E-state index < -0.39 is 88.5 Å². The fraction of sp³-hybridized carbons (Fsp3) is 0.229. The van der Waals surface area contributed by atoms with Gasteiger partial charge in [0.05, 0.1) is 24.4 Å². The first-order valence-corrected chi connectivity index (χ1v) is 20.5. The minimum atomic E-state index is -1.34. The molecule has 7 aromatic rings. The van der Waals surface area contributed by atoms with Gasteiger partial charge in [0.2, 0.25) is 0 Å². The number of phenolic OH excluding ortho intramolecular Hbond substituents is 10. The maximum Gasteiger partial charge on any atom is 0.372 e. The van der Waals surface area contributed by atoms with E-state index in [4.69, 9.17) is 18.6 Å². The molecule has 4 heterocycles. The Morgan fingerprint density at radius 3 is 1.37 bits per heavy atom. The normalized spacial score (nSPS) is 21.7. The standard InChI is InChI=1S/C48H40O17/c1-17(39-34(57)15-29(52)22-13-36(59)44(65-47(22)39)20-4-7-28(51)33(56)10-20)40-41(61)24-14-37(60)43(19-3-6-27(50)32(55)9-19)64-46(24)25-11-23-38(62-48(25)40)16-30(53)21-12-35(58)42(63-45(21)23)18-2-5-26(49)31(54)8-18/h2-11,15-17,35-37,42-44,58-60H,12-14H2,1H3,(H9-,49,50,51,52,53,54,55,56,57,61)/p+1/t17?,35-,36-,37+,42+,43-,44+/m1/s1. The van der Waals surface area contributed by atoms with Crippen molar-refractivity contribution in [3.05, 3.63) is 117 Å².